The van der Waals surface area contributed by atoms with Gasteiger partial charge >= 0.3 is 12.2 Å². The Morgan fingerprint density at radius 1 is 0.806 bits per heavy atom. The lowest BCUT2D eigenvalue weighted by Crippen LogP contribution is -2.62. The summed E-state index contributed by atoms with van der Waals surface area (Å²) in [6.07, 6.45) is 6.56. The van der Waals surface area contributed by atoms with Crippen LogP contribution in [0.4, 0.5) is 9.59 Å². The molecule has 0 aliphatic carbocycles. The minimum atomic E-state index is -1.30. The number of hydrogen-bond donors (Lipinski definition) is 6. The zero-order valence-electron chi connectivity index (χ0n) is 35.1. The molecule has 2 aromatic heterocycles. The van der Waals surface area contributed by atoms with Gasteiger partial charge in [-0.25, -0.2) is 19.6 Å². The number of nitrogens with zero attached hydrogens (tertiary/aromatic N) is 4. The van der Waals surface area contributed by atoms with Crippen molar-refractivity contribution in [3.63, 3.8) is 0 Å². The molecule has 0 spiro atoms. The lowest BCUT2D eigenvalue weighted by atomic mass is 9.77. The summed E-state index contributed by atoms with van der Waals surface area (Å²) in [5, 5.41) is 24.4. The van der Waals surface area contributed by atoms with E-state index in [-0.39, 0.29) is 41.8 Å². The first-order valence-electron chi connectivity index (χ1n) is 21.6. The van der Waals surface area contributed by atoms with E-state index in [1.807, 2.05) is 67.8 Å². The highest BCUT2D eigenvalue weighted by Gasteiger charge is 2.49. The molecule has 4 amide bonds. The molecule has 4 aliphatic rings. The van der Waals surface area contributed by atoms with E-state index in [1.54, 1.807) is 16.7 Å². The van der Waals surface area contributed by atoms with Crippen molar-refractivity contribution in [2.24, 2.45) is 11.8 Å². The van der Waals surface area contributed by atoms with Crippen molar-refractivity contribution in [2.45, 2.75) is 95.0 Å². The van der Waals surface area contributed by atoms with Crippen LogP contribution in [0.2, 0.25) is 0 Å². The van der Waals surface area contributed by atoms with Crippen molar-refractivity contribution < 1.29 is 38.9 Å². The number of amides is 4. The lowest BCUT2D eigenvalue weighted by molar-refractivity contribution is -0.143. The van der Waals surface area contributed by atoms with Gasteiger partial charge in [-0.1, -0.05) is 36.1 Å². The SMILES string of the molecule is C[C@H]1CC([C@](C)(NC(=O)O)C(=O)N2CCCC2c2nc(-c3cccc(C#Cc4cccc(-c5c[nH]c(C6CCCN6C(=O)C(NC(=O)O)C6CCOCC6)n5)c4)c3)c[nH]2)CCO1. The van der Waals surface area contributed by atoms with E-state index >= 15 is 0 Å². The molecular weight excluding hydrogens is 793 g/mol. The number of imidazole rings is 2. The highest BCUT2D eigenvalue weighted by atomic mass is 16.5. The van der Waals surface area contributed by atoms with Crippen LogP contribution in [0.1, 0.15) is 100 Å². The molecule has 8 rings (SSSR count). The molecule has 0 radical (unpaired) electrons. The van der Waals surface area contributed by atoms with Crippen LogP contribution in [0.25, 0.3) is 22.5 Å². The molecule has 326 valence electrons. The molecule has 0 bridgehead atoms. The van der Waals surface area contributed by atoms with Crippen molar-refractivity contribution >= 4 is 24.0 Å². The minimum Gasteiger partial charge on any atom is -0.465 e. The summed E-state index contributed by atoms with van der Waals surface area (Å²) in [6, 6.07) is 14.2. The van der Waals surface area contributed by atoms with Crippen LogP contribution >= 0.6 is 0 Å². The summed E-state index contributed by atoms with van der Waals surface area (Å²) < 4.78 is 11.2. The minimum absolute atomic E-state index is 0.0660. The average molecular weight is 847 g/mol. The predicted molar refractivity (Wildman–Crippen MR) is 228 cm³/mol. The standard InChI is InChI=1S/C46H54N8O8/c1-28-23-34(17-22-62-28)46(2,52-45(59)60)43(56)54-19-6-12-38(54)41-48-27-36(50-41)33-10-4-8-30(25-33)14-13-29-7-3-9-32(24-29)35-26-47-40(49-35)37-11-5-18-53(37)42(55)39(51-44(57)58)31-15-20-61-21-16-31/h3-4,7-10,24-28,31,34,37-39,51-52H,5-6,11-12,15-23H2,1-2H3,(H,47,49)(H,48,50)(H,57,58)(H,59,60)/t28-,34?,37?,38?,39?,46-/m0/s1. The number of carbonyl (C=O) groups is 4. The van der Waals surface area contributed by atoms with Gasteiger partial charge in [-0.2, -0.15) is 0 Å². The van der Waals surface area contributed by atoms with Gasteiger partial charge in [0.2, 0.25) is 11.8 Å². The van der Waals surface area contributed by atoms with Gasteiger partial charge in [0.05, 0.1) is 29.6 Å². The van der Waals surface area contributed by atoms with Gasteiger partial charge in [0, 0.05) is 67.6 Å². The third kappa shape index (κ3) is 9.19. The summed E-state index contributed by atoms with van der Waals surface area (Å²) in [5.41, 5.74) is 3.44. The highest BCUT2D eigenvalue weighted by Crippen LogP contribution is 2.38. The summed E-state index contributed by atoms with van der Waals surface area (Å²) in [5.74, 6) is 7.09. The number of rotatable bonds is 10. The van der Waals surface area contributed by atoms with Gasteiger partial charge in [-0.15, -0.1) is 0 Å². The Morgan fingerprint density at radius 3 is 1.95 bits per heavy atom. The number of benzene rings is 2. The maximum absolute atomic E-state index is 14.3. The zero-order chi connectivity index (χ0) is 43.4. The molecular formula is C46H54N8O8. The Balaban J connectivity index is 0.948. The molecule has 4 aromatic rings. The third-order valence-corrected chi connectivity index (χ3v) is 12.9. The number of hydrogen-bond acceptors (Lipinski definition) is 8. The van der Waals surface area contributed by atoms with Crippen LogP contribution in [0.3, 0.4) is 0 Å². The first-order chi connectivity index (χ1) is 30.0. The molecule has 0 saturated carbocycles. The topological polar surface area (TPSA) is 215 Å². The van der Waals surface area contributed by atoms with Gasteiger partial charge in [0.1, 0.15) is 23.2 Å². The van der Waals surface area contributed by atoms with E-state index in [0.717, 1.165) is 41.5 Å². The molecule has 16 heteroatoms. The van der Waals surface area contributed by atoms with Gasteiger partial charge in [0.15, 0.2) is 0 Å². The van der Waals surface area contributed by atoms with Crippen molar-refractivity contribution in [3.05, 3.63) is 83.7 Å². The fraction of sp³-hybridized carbons (Fsp3) is 0.478. The lowest BCUT2D eigenvalue weighted by Gasteiger charge is -2.43. The average Bonchev–Trinajstić information content (AvgIpc) is 4.12. The second-order valence-corrected chi connectivity index (χ2v) is 17.0. The number of H-pyrrole nitrogens is 2. The van der Waals surface area contributed by atoms with Gasteiger partial charge in [-0.3, -0.25) is 9.59 Å². The molecule has 62 heavy (non-hydrogen) atoms. The Morgan fingerprint density at radius 2 is 1.39 bits per heavy atom. The van der Waals surface area contributed by atoms with Crippen LogP contribution in [0.5, 0.6) is 0 Å². The number of carboxylic acid groups (broad SMARTS) is 2. The Labute approximate surface area is 360 Å². The van der Waals surface area contributed by atoms with Crippen LogP contribution in [0.15, 0.2) is 60.9 Å². The number of likely N-dealkylation sites (tertiary alicyclic amines) is 2. The van der Waals surface area contributed by atoms with E-state index in [9.17, 15) is 29.4 Å². The van der Waals surface area contributed by atoms with Gasteiger partial charge in [0.25, 0.3) is 0 Å². The summed E-state index contributed by atoms with van der Waals surface area (Å²) in [6.45, 7) is 6.17. The highest BCUT2D eigenvalue weighted by molar-refractivity contribution is 5.90. The second-order valence-electron chi connectivity index (χ2n) is 17.0. The largest absolute Gasteiger partial charge is 0.465 e. The van der Waals surface area contributed by atoms with E-state index in [0.29, 0.717) is 88.1 Å². The van der Waals surface area contributed by atoms with Crippen LogP contribution in [-0.4, -0.2) is 115 Å². The third-order valence-electron chi connectivity index (χ3n) is 12.9. The summed E-state index contributed by atoms with van der Waals surface area (Å²) >= 11 is 0. The van der Waals surface area contributed by atoms with E-state index in [1.165, 1.54) is 0 Å². The predicted octanol–water partition coefficient (Wildman–Crippen LogP) is 6.10. The number of carbonyl (C=O) groups excluding carboxylic acids is 2. The molecule has 6 heterocycles. The van der Waals surface area contributed by atoms with Gasteiger partial charge < -0.3 is 50.1 Å². The van der Waals surface area contributed by atoms with Crippen LogP contribution < -0.4 is 10.6 Å². The van der Waals surface area contributed by atoms with E-state index in [2.05, 4.69) is 32.4 Å². The summed E-state index contributed by atoms with van der Waals surface area (Å²) in [7, 11) is 0. The van der Waals surface area contributed by atoms with Gasteiger partial charge in [-0.05, 0) is 101 Å². The molecule has 16 nitrogen and oxygen atoms in total. The monoisotopic (exact) mass is 846 g/mol. The number of aromatic amines is 2. The molecule has 2 aromatic carbocycles. The molecule has 6 N–H and O–H groups in total. The number of nitrogens with one attached hydrogen (secondary N) is 4. The first-order valence-corrected chi connectivity index (χ1v) is 21.6. The van der Waals surface area contributed by atoms with Crippen LogP contribution in [-0.2, 0) is 19.1 Å². The number of ether oxygens (including phenoxy) is 2. The zero-order valence-corrected chi connectivity index (χ0v) is 35.1. The van der Waals surface area contributed by atoms with Crippen molar-refractivity contribution in [1.82, 2.24) is 40.4 Å². The van der Waals surface area contributed by atoms with E-state index in [4.69, 9.17) is 19.4 Å². The smallest absolute Gasteiger partial charge is 0.405 e. The van der Waals surface area contributed by atoms with Crippen molar-refractivity contribution in [1.29, 1.82) is 0 Å². The Hall–Kier alpha value is -6.18. The van der Waals surface area contributed by atoms with E-state index < -0.39 is 23.8 Å². The molecule has 4 saturated heterocycles. The maximum atomic E-state index is 14.3. The molecule has 4 aliphatic heterocycles. The second kappa shape index (κ2) is 18.4. The number of aromatic nitrogens is 4. The fourth-order valence-electron chi connectivity index (χ4n) is 9.69. The Kier molecular flexibility index (Phi) is 12.6. The normalized spacial score (nSPS) is 23.2. The molecule has 4 fully saturated rings. The maximum Gasteiger partial charge on any atom is 0.405 e. The van der Waals surface area contributed by atoms with Crippen LogP contribution in [0, 0.1) is 23.7 Å². The summed E-state index contributed by atoms with van der Waals surface area (Å²) in [4.78, 5) is 71.7. The Bertz CT molecular complexity index is 2340. The molecule has 4 unspecified atom stereocenters. The molecule has 6 atom stereocenters. The van der Waals surface area contributed by atoms with Crippen molar-refractivity contribution in [3.8, 4) is 34.4 Å². The van der Waals surface area contributed by atoms with Crippen molar-refractivity contribution in [2.75, 3.05) is 32.9 Å². The quantitative estimate of drug-likeness (QED) is 0.101. The first kappa shape index (κ1) is 42.5. The fourth-order valence-corrected chi connectivity index (χ4v) is 9.69.